The number of aromatic nitrogens is 2. The number of rotatable bonds is 1. The second kappa shape index (κ2) is 5.93. The first-order valence-electron chi connectivity index (χ1n) is 10.2. The van der Waals surface area contributed by atoms with Gasteiger partial charge in [-0.05, 0) is 68.6 Å². The molecule has 4 heterocycles. The van der Waals surface area contributed by atoms with Gasteiger partial charge in [0.05, 0.1) is 5.52 Å². The minimum Gasteiger partial charge on any atom is -0.343 e. The molecule has 0 radical (unpaired) electrons. The quantitative estimate of drug-likeness (QED) is 0.636. The maximum Gasteiger partial charge on any atom is 0.0518 e. The highest BCUT2D eigenvalue weighted by Gasteiger charge is 2.34. The molecule has 0 saturated carbocycles. The zero-order valence-electron chi connectivity index (χ0n) is 17.0. The van der Waals surface area contributed by atoms with Gasteiger partial charge in [0.2, 0.25) is 0 Å². The van der Waals surface area contributed by atoms with Gasteiger partial charge >= 0.3 is 0 Å². The summed E-state index contributed by atoms with van der Waals surface area (Å²) >= 11 is 0. The number of hydrogen-bond acceptors (Lipinski definition) is 2. The van der Waals surface area contributed by atoms with E-state index >= 15 is 0 Å². The Labute approximate surface area is 162 Å². The van der Waals surface area contributed by atoms with E-state index in [1.807, 2.05) is 6.20 Å². The van der Waals surface area contributed by atoms with Crippen LogP contribution in [-0.4, -0.2) is 28.0 Å². The lowest BCUT2D eigenvalue weighted by Crippen LogP contribution is -2.31. The van der Waals surface area contributed by atoms with E-state index in [1.165, 1.54) is 34.0 Å². The van der Waals surface area contributed by atoms with Crippen LogP contribution in [0.4, 0.5) is 0 Å². The van der Waals surface area contributed by atoms with E-state index in [1.54, 1.807) is 11.3 Å². The maximum atomic E-state index is 4.44. The molecule has 1 aromatic carbocycles. The van der Waals surface area contributed by atoms with Gasteiger partial charge in [0, 0.05) is 54.4 Å². The van der Waals surface area contributed by atoms with Crippen LogP contribution in [0, 0.1) is 13.8 Å². The summed E-state index contributed by atoms with van der Waals surface area (Å²) in [6, 6.07) is 9.38. The van der Waals surface area contributed by atoms with Crippen LogP contribution < -0.4 is 0 Å². The Morgan fingerprint density at radius 2 is 1.96 bits per heavy atom. The minimum absolute atomic E-state index is 0.143. The van der Waals surface area contributed by atoms with Crippen molar-refractivity contribution in [2.45, 2.75) is 58.5 Å². The van der Waals surface area contributed by atoms with Crippen LogP contribution in [0.1, 0.15) is 47.0 Å². The summed E-state index contributed by atoms with van der Waals surface area (Å²) in [4.78, 5) is 6.90. The first-order chi connectivity index (χ1) is 12.9. The smallest absolute Gasteiger partial charge is 0.0518 e. The minimum atomic E-state index is 0.143. The molecule has 3 heteroatoms. The Balaban J connectivity index is 1.73. The Kier molecular flexibility index (Phi) is 3.74. The zero-order chi connectivity index (χ0) is 18.8. The van der Waals surface area contributed by atoms with Crippen molar-refractivity contribution < 1.29 is 0 Å². The van der Waals surface area contributed by atoms with Crippen molar-refractivity contribution in [3.63, 3.8) is 0 Å². The van der Waals surface area contributed by atoms with E-state index in [0.29, 0.717) is 0 Å². The third kappa shape index (κ3) is 2.63. The Bertz CT molecular complexity index is 1050. The maximum absolute atomic E-state index is 4.44. The van der Waals surface area contributed by atoms with Crippen molar-refractivity contribution in [1.29, 1.82) is 0 Å². The van der Waals surface area contributed by atoms with Crippen LogP contribution in [0.3, 0.4) is 0 Å². The number of nitrogens with zero attached hydrogens (tertiary/aromatic N) is 3. The van der Waals surface area contributed by atoms with E-state index in [0.717, 1.165) is 38.2 Å². The summed E-state index contributed by atoms with van der Waals surface area (Å²) in [5.41, 5.74) is 10.3. The van der Waals surface area contributed by atoms with E-state index in [2.05, 4.69) is 66.5 Å². The second-order valence-electron chi connectivity index (χ2n) is 9.07. The summed E-state index contributed by atoms with van der Waals surface area (Å²) in [5.74, 6) is 0. The zero-order valence-corrected chi connectivity index (χ0v) is 17.0. The van der Waals surface area contributed by atoms with Gasteiger partial charge in [0.1, 0.15) is 0 Å². The normalized spacial score (nSPS) is 22.7. The molecule has 0 saturated heterocycles. The average molecular weight is 360 g/mol. The van der Waals surface area contributed by atoms with Gasteiger partial charge < -0.3 is 9.47 Å². The molecular formula is C24H29N3. The summed E-state index contributed by atoms with van der Waals surface area (Å²) < 4.78 is 2.69. The second-order valence-corrected chi connectivity index (χ2v) is 9.07. The highest BCUT2D eigenvalue weighted by molar-refractivity contribution is 5.89. The Morgan fingerprint density at radius 1 is 1.11 bits per heavy atom. The fraction of sp³-hybridized carbons (Fsp3) is 0.458. The topological polar surface area (TPSA) is 21.1 Å². The van der Waals surface area contributed by atoms with Crippen molar-refractivity contribution >= 4 is 10.9 Å². The average Bonchev–Trinajstić information content (AvgIpc) is 2.82. The summed E-state index contributed by atoms with van der Waals surface area (Å²) in [6.45, 7) is 10.1. The number of aryl methyl sites for hydroxylation is 3. The molecule has 5 rings (SSSR count). The van der Waals surface area contributed by atoms with Crippen LogP contribution in [0.5, 0.6) is 0 Å². The fourth-order valence-corrected chi connectivity index (χ4v) is 5.32. The predicted octanol–water partition coefficient (Wildman–Crippen LogP) is 4.55. The van der Waals surface area contributed by atoms with Crippen LogP contribution >= 0.6 is 0 Å². The Hall–Kier alpha value is -2.13. The number of fused-ring (bicyclic) bond motifs is 3. The van der Waals surface area contributed by atoms with Gasteiger partial charge in [-0.2, -0.15) is 0 Å². The number of likely N-dealkylation sites (N-methyl/N-ethyl adjacent to an activating group) is 1. The third-order valence-corrected chi connectivity index (χ3v) is 6.81. The lowest BCUT2D eigenvalue weighted by Gasteiger charge is -2.32. The van der Waals surface area contributed by atoms with Crippen molar-refractivity contribution in [2.75, 3.05) is 13.6 Å². The highest BCUT2D eigenvalue weighted by atomic mass is 15.1. The molecule has 0 aliphatic carbocycles. The summed E-state index contributed by atoms with van der Waals surface area (Å²) in [5, 5.41) is 1.50. The molecule has 27 heavy (non-hydrogen) atoms. The number of hydrogen-bond donors (Lipinski definition) is 0. The molecule has 3 aromatic rings. The molecular weight excluding hydrogens is 330 g/mol. The molecule has 2 aliphatic rings. The number of benzene rings is 1. The lowest BCUT2D eigenvalue weighted by atomic mass is 9.78. The van der Waals surface area contributed by atoms with Crippen LogP contribution in [0.2, 0.25) is 0 Å². The summed E-state index contributed by atoms with van der Waals surface area (Å²) in [7, 11) is 2.25. The van der Waals surface area contributed by atoms with Gasteiger partial charge in [-0.15, -0.1) is 0 Å². The van der Waals surface area contributed by atoms with E-state index in [9.17, 15) is 0 Å². The molecule has 0 fully saturated rings. The van der Waals surface area contributed by atoms with E-state index in [4.69, 9.17) is 0 Å². The largest absolute Gasteiger partial charge is 0.343 e. The molecule has 0 bridgehead atoms. The molecule has 0 N–H and O–H groups in total. The van der Waals surface area contributed by atoms with E-state index in [-0.39, 0.29) is 5.41 Å². The molecule has 140 valence electrons. The first-order valence-corrected chi connectivity index (χ1v) is 10.2. The molecule has 1 atom stereocenters. The third-order valence-electron chi connectivity index (χ3n) is 6.81. The predicted molar refractivity (Wildman–Crippen MR) is 111 cm³/mol. The summed E-state index contributed by atoms with van der Waals surface area (Å²) in [6.07, 6.45) is 5.47. The Morgan fingerprint density at radius 3 is 2.78 bits per heavy atom. The molecule has 0 spiro atoms. The first kappa shape index (κ1) is 17.0. The molecule has 2 aromatic heterocycles. The lowest BCUT2D eigenvalue weighted by molar-refractivity contribution is 0.303. The van der Waals surface area contributed by atoms with Crippen molar-refractivity contribution in [2.24, 2.45) is 0 Å². The van der Waals surface area contributed by atoms with Crippen LogP contribution in [0.15, 0.2) is 30.5 Å². The monoisotopic (exact) mass is 359 g/mol. The van der Waals surface area contributed by atoms with Gasteiger partial charge in [0.25, 0.3) is 0 Å². The van der Waals surface area contributed by atoms with Gasteiger partial charge in [0.15, 0.2) is 0 Å². The number of pyridine rings is 1. The molecule has 3 nitrogen and oxygen atoms in total. The van der Waals surface area contributed by atoms with Gasteiger partial charge in [-0.3, -0.25) is 4.98 Å². The van der Waals surface area contributed by atoms with E-state index < -0.39 is 0 Å². The van der Waals surface area contributed by atoms with Crippen molar-refractivity contribution in [3.05, 3.63) is 64.1 Å². The molecule has 2 aliphatic heterocycles. The van der Waals surface area contributed by atoms with Gasteiger partial charge in [-0.1, -0.05) is 18.6 Å². The van der Waals surface area contributed by atoms with Crippen molar-refractivity contribution in [3.8, 4) is 0 Å². The fourth-order valence-electron chi connectivity index (χ4n) is 5.32. The van der Waals surface area contributed by atoms with Gasteiger partial charge in [-0.25, -0.2) is 0 Å². The van der Waals surface area contributed by atoms with Crippen LogP contribution in [-0.2, 0) is 31.3 Å². The SMILES string of the molecule is Cc1cc2c3c(c1)c1c(n3CC(C)(c3ccnc(C)c3)CC2)CCN(C)C1. The standard InChI is InChI=1S/C24H29N3/c1-16-11-18-5-8-24(3,19-6-9-25-17(2)13-19)15-27-22-7-10-26(4)14-21(22)20(12-16)23(18)27/h6,9,11-13H,5,7-8,10,14-15H2,1-4H3. The van der Waals surface area contributed by atoms with Crippen molar-refractivity contribution in [1.82, 2.24) is 14.5 Å². The molecule has 0 amide bonds. The molecule has 1 unspecified atom stereocenters. The van der Waals surface area contributed by atoms with Crippen LogP contribution in [0.25, 0.3) is 10.9 Å². The highest BCUT2D eigenvalue weighted by Crippen LogP contribution is 2.41.